The van der Waals surface area contributed by atoms with E-state index in [1.165, 1.54) is 36.1 Å². The summed E-state index contributed by atoms with van der Waals surface area (Å²) >= 11 is 0. The molecule has 1 aliphatic heterocycles. The molecule has 0 spiro atoms. The second-order valence-corrected chi connectivity index (χ2v) is 6.64. The molecule has 19 heavy (non-hydrogen) atoms. The Morgan fingerprint density at radius 3 is 2.42 bits per heavy atom. The number of hydrogen-bond acceptors (Lipinski definition) is 2. The number of aryl methyl sites for hydroxylation is 2. The molecule has 1 saturated heterocycles. The maximum absolute atomic E-state index is 5.73. The first-order chi connectivity index (χ1) is 8.95. The molecule has 1 aliphatic rings. The van der Waals surface area contributed by atoms with Crippen molar-refractivity contribution < 1.29 is 0 Å². The highest BCUT2D eigenvalue weighted by molar-refractivity contribution is 5.60. The molecule has 1 aromatic rings. The van der Waals surface area contributed by atoms with Gasteiger partial charge in [0.1, 0.15) is 0 Å². The summed E-state index contributed by atoms with van der Waals surface area (Å²) in [5.41, 5.74) is 10.2. The molecule has 2 nitrogen and oxygen atoms in total. The lowest BCUT2D eigenvalue weighted by Crippen LogP contribution is -2.51. The van der Waals surface area contributed by atoms with Crippen LogP contribution in [0.5, 0.6) is 0 Å². The molecule has 0 amide bonds. The Kier molecular flexibility index (Phi) is 4.19. The van der Waals surface area contributed by atoms with Crippen molar-refractivity contribution in [3.8, 4) is 0 Å². The predicted molar refractivity (Wildman–Crippen MR) is 83.7 cm³/mol. The Morgan fingerprint density at radius 1 is 1.26 bits per heavy atom. The van der Waals surface area contributed by atoms with E-state index in [1.54, 1.807) is 0 Å². The molecule has 1 unspecified atom stereocenters. The van der Waals surface area contributed by atoms with Crippen LogP contribution in [0.4, 0.5) is 5.69 Å². The van der Waals surface area contributed by atoms with Gasteiger partial charge >= 0.3 is 0 Å². The smallest absolute Gasteiger partial charge is 0.0430 e. The Balaban J connectivity index is 2.26. The predicted octanol–water partition coefficient (Wildman–Crippen LogP) is 3.65. The van der Waals surface area contributed by atoms with Gasteiger partial charge in [0.05, 0.1) is 0 Å². The SMILES string of the molecule is Cc1cccc(C)c1N1CCC(CCN)CC1(C)C. The van der Waals surface area contributed by atoms with Gasteiger partial charge in [-0.2, -0.15) is 0 Å². The van der Waals surface area contributed by atoms with Gasteiger partial charge in [-0.15, -0.1) is 0 Å². The minimum Gasteiger partial charge on any atom is -0.366 e. The summed E-state index contributed by atoms with van der Waals surface area (Å²) in [6, 6.07) is 6.61. The third kappa shape index (κ3) is 2.94. The molecular weight excluding hydrogens is 232 g/mol. The minimum atomic E-state index is 0.231. The Hall–Kier alpha value is -1.02. The summed E-state index contributed by atoms with van der Waals surface area (Å²) in [4.78, 5) is 2.62. The van der Waals surface area contributed by atoms with Crippen molar-refractivity contribution in [1.82, 2.24) is 0 Å². The third-order valence-electron chi connectivity index (χ3n) is 4.56. The quantitative estimate of drug-likeness (QED) is 0.899. The van der Waals surface area contributed by atoms with Gasteiger partial charge in [0.2, 0.25) is 0 Å². The van der Waals surface area contributed by atoms with Crippen LogP contribution in [0.25, 0.3) is 0 Å². The maximum atomic E-state index is 5.73. The van der Waals surface area contributed by atoms with Crippen LogP contribution in [0.2, 0.25) is 0 Å². The Bertz CT molecular complexity index is 417. The maximum Gasteiger partial charge on any atom is 0.0430 e. The normalized spacial score (nSPS) is 22.6. The summed E-state index contributed by atoms with van der Waals surface area (Å²) in [7, 11) is 0. The number of nitrogens with zero attached hydrogens (tertiary/aromatic N) is 1. The van der Waals surface area contributed by atoms with Crippen LogP contribution >= 0.6 is 0 Å². The van der Waals surface area contributed by atoms with Crippen molar-refractivity contribution in [3.05, 3.63) is 29.3 Å². The average molecular weight is 260 g/mol. The summed E-state index contributed by atoms with van der Waals surface area (Å²) < 4.78 is 0. The van der Waals surface area contributed by atoms with E-state index in [4.69, 9.17) is 5.73 Å². The van der Waals surface area contributed by atoms with E-state index < -0.39 is 0 Å². The first kappa shape index (κ1) is 14.4. The molecule has 0 aliphatic carbocycles. The average Bonchev–Trinajstić information content (AvgIpc) is 2.31. The lowest BCUT2D eigenvalue weighted by Gasteiger charge is -2.48. The van der Waals surface area contributed by atoms with Gasteiger partial charge in [-0.25, -0.2) is 0 Å². The van der Waals surface area contributed by atoms with E-state index in [9.17, 15) is 0 Å². The standard InChI is InChI=1S/C17H28N2/c1-13-6-5-7-14(2)16(13)19-11-9-15(8-10-18)12-17(19,3)4/h5-7,15H,8-12,18H2,1-4H3. The van der Waals surface area contributed by atoms with Crippen LogP contribution in [0.15, 0.2) is 18.2 Å². The zero-order valence-electron chi connectivity index (χ0n) is 12.9. The second kappa shape index (κ2) is 5.54. The van der Waals surface area contributed by atoms with E-state index in [0.717, 1.165) is 19.0 Å². The van der Waals surface area contributed by atoms with Gasteiger partial charge in [-0.3, -0.25) is 0 Å². The summed E-state index contributed by atoms with van der Waals surface area (Å²) in [5, 5.41) is 0. The van der Waals surface area contributed by atoms with Gasteiger partial charge in [0.15, 0.2) is 0 Å². The van der Waals surface area contributed by atoms with Crippen LogP contribution in [-0.4, -0.2) is 18.6 Å². The molecule has 2 rings (SSSR count). The fourth-order valence-corrected chi connectivity index (χ4v) is 3.66. The first-order valence-corrected chi connectivity index (χ1v) is 7.49. The van der Waals surface area contributed by atoms with Gasteiger partial charge < -0.3 is 10.6 Å². The van der Waals surface area contributed by atoms with E-state index in [0.29, 0.717) is 0 Å². The molecular formula is C17H28N2. The van der Waals surface area contributed by atoms with Gasteiger partial charge in [-0.05, 0) is 70.5 Å². The molecule has 1 aromatic carbocycles. The molecule has 2 N–H and O–H groups in total. The number of hydrogen-bond donors (Lipinski definition) is 1. The van der Waals surface area contributed by atoms with E-state index in [1.807, 2.05) is 0 Å². The number of para-hydroxylation sites is 1. The fraction of sp³-hybridized carbons (Fsp3) is 0.647. The highest BCUT2D eigenvalue weighted by Crippen LogP contribution is 2.39. The molecule has 0 aromatic heterocycles. The van der Waals surface area contributed by atoms with Crippen molar-refractivity contribution in [3.63, 3.8) is 0 Å². The molecule has 1 fully saturated rings. The molecule has 106 valence electrons. The Morgan fingerprint density at radius 2 is 1.89 bits per heavy atom. The van der Waals surface area contributed by atoms with E-state index in [-0.39, 0.29) is 5.54 Å². The van der Waals surface area contributed by atoms with Crippen LogP contribution < -0.4 is 10.6 Å². The van der Waals surface area contributed by atoms with E-state index >= 15 is 0 Å². The van der Waals surface area contributed by atoms with Crippen molar-refractivity contribution in [2.75, 3.05) is 18.0 Å². The van der Waals surface area contributed by atoms with Crippen molar-refractivity contribution >= 4 is 5.69 Å². The topological polar surface area (TPSA) is 29.3 Å². The lowest BCUT2D eigenvalue weighted by molar-refractivity contribution is 0.264. The number of anilines is 1. The molecule has 0 bridgehead atoms. The minimum absolute atomic E-state index is 0.231. The van der Waals surface area contributed by atoms with Crippen LogP contribution in [-0.2, 0) is 0 Å². The highest BCUT2D eigenvalue weighted by atomic mass is 15.2. The van der Waals surface area contributed by atoms with Crippen molar-refractivity contribution in [2.45, 2.75) is 52.5 Å². The lowest BCUT2D eigenvalue weighted by atomic mass is 9.80. The fourth-order valence-electron chi connectivity index (χ4n) is 3.66. The van der Waals surface area contributed by atoms with Gasteiger partial charge in [0, 0.05) is 17.8 Å². The first-order valence-electron chi connectivity index (χ1n) is 7.49. The summed E-state index contributed by atoms with van der Waals surface area (Å²) in [5.74, 6) is 0.792. The molecule has 2 heteroatoms. The van der Waals surface area contributed by atoms with E-state index in [2.05, 4.69) is 50.8 Å². The number of nitrogens with two attached hydrogens (primary N) is 1. The Labute approximate surface area is 118 Å². The molecule has 0 saturated carbocycles. The van der Waals surface area contributed by atoms with Crippen LogP contribution in [0.1, 0.15) is 44.2 Å². The zero-order chi connectivity index (χ0) is 14.0. The molecule has 0 radical (unpaired) electrons. The van der Waals surface area contributed by atoms with Crippen molar-refractivity contribution in [1.29, 1.82) is 0 Å². The highest BCUT2D eigenvalue weighted by Gasteiger charge is 2.35. The molecule has 1 heterocycles. The monoisotopic (exact) mass is 260 g/mol. The largest absolute Gasteiger partial charge is 0.366 e. The summed E-state index contributed by atoms with van der Waals surface area (Å²) in [6.45, 7) is 11.2. The van der Waals surface area contributed by atoms with Gasteiger partial charge in [0.25, 0.3) is 0 Å². The van der Waals surface area contributed by atoms with Crippen LogP contribution in [0.3, 0.4) is 0 Å². The van der Waals surface area contributed by atoms with Crippen LogP contribution in [0, 0.1) is 19.8 Å². The zero-order valence-corrected chi connectivity index (χ0v) is 12.9. The third-order valence-corrected chi connectivity index (χ3v) is 4.56. The molecule has 1 atom stereocenters. The van der Waals surface area contributed by atoms with Gasteiger partial charge in [-0.1, -0.05) is 18.2 Å². The number of rotatable bonds is 3. The number of piperidine rings is 1. The summed E-state index contributed by atoms with van der Waals surface area (Å²) in [6.07, 6.45) is 3.69. The second-order valence-electron chi connectivity index (χ2n) is 6.64. The van der Waals surface area contributed by atoms with Crippen molar-refractivity contribution in [2.24, 2.45) is 11.7 Å². The number of benzene rings is 1.